The predicted molar refractivity (Wildman–Crippen MR) is 80.7 cm³/mol. The van der Waals surface area contributed by atoms with Crippen LogP contribution in [0.2, 0.25) is 0 Å². The van der Waals surface area contributed by atoms with Gasteiger partial charge in [0.25, 0.3) is 10.0 Å². The fourth-order valence-corrected chi connectivity index (χ4v) is 2.71. The number of anilines is 1. The first-order valence-electron chi connectivity index (χ1n) is 6.20. The highest BCUT2D eigenvalue weighted by molar-refractivity contribution is 7.92. The molecule has 0 radical (unpaired) electrons. The van der Waals surface area contributed by atoms with E-state index in [1.54, 1.807) is 24.3 Å². The van der Waals surface area contributed by atoms with Crippen LogP contribution in [0.5, 0.6) is 5.75 Å². The minimum Gasteiger partial charge on any atom is -0.489 e. The molecule has 0 fully saturated rings. The van der Waals surface area contributed by atoms with Gasteiger partial charge in [-0.05, 0) is 18.2 Å². The molecule has 7 nitrogen and oxygen atoms in total. The molecule has 116 valence electrons. The molecule has 0 aliphatic rings. The molecule has 2 rings (SSSR count). The topological polar surface area (TPSA) is 108 Å². The maximum absolute atomic E-state index is 12.2. The number of aromatic nitrogens is 1. The van der Waals surface area contributed by atoms with Gasteiger partial charge in [0.2, 0.25) is 0 Å². The van der Waals surface area contributed by atoms with Gasteiger partial charge in [0.15, 0.2) is 0 Å². The van der Waals surface area contributed by atoms with Gasteiger partial charge in [-0.25, -0.2) is 13.2 Å². The third-order valence-electron chi connectivity index (χ3n) is 2.65. The summed E-state index contributed by atoms with van der Waals surface area (Å²) in [6, 6.07) is 7.44. The van der Waals surface area contributed by atoms with E-state index in [1.165, 1.54) is 6.07 Å². The second-order valence-electron chi connectivity index (χ2n) is 4.29. The highest BCUT2D eigenvalue weighted by Gasteiger charge is 2.18. The van der Waals surface area contributed by atoms with Crippen LogP contribution in [0, 0.1) is 0 Å². The SMILES string of the molecule is C=CCOc1cccc(NS(=O)(=O)c2c[nH]c(C(=O)O)c2)c1. The van der Waals surface area contributed by atoms with Gasteiger partial charge in [-0.3, -0.25) is 4.72 Å². The van der Waals surface area contributed by atoms with E-state index < -0.39 is 16.0 Å². The number of carboxylic acids is 1. The van der Waals surface area contributed by atoms with Crippen LogP contribution in [0.15, 0.2) is 54.1 Å². The van der Waals surface area contributed by atoms with Gasteiger partial charge in [-0.15, -0.1) is 0 Å². The number of nitrogens with one attached hydrogen (secondary N) is 2. The first-order valence-corrected chi connectivity index (χ1v) is 7.69. The Kier molecular flexibility index (Phi) is 4.52. The smallest absolute Gasteiger partial charge is 0.352 e. The number of carboxylic acid groups (broad SMARTS) is 1. The van der Waals surface area contributed by atoms with E-state index in [4.69, 9.17) is 9.84 Å². The van der Waals surface area contributed by atoms with Crippen LogP contribution in [0.3, 0.4) is 0 Å². The number of benzene rings is 1. The number of carbonyl (C=O) groups is 1. The average molecular weight is 322 g/mol. The van der Waals surface area contributed by atoms with Crippen molar-refractivity contribution in [1.29, 1.82) is 0 Å². The zero-order valence-corrected chi connectivity index (χ0v) is 12.3. The number of aromatic amines is 1. The summed E-state index contributed by atoms with van der Waals surface area (Å²) in [5, 5.41) is 8.80. The Morgan fingerprint density at radius 2 is 2.18 bits per heavy atom. The number of hydrogen-bond acceptors (Lipinski definition) is 4. The summed E-state index contributed by atoms with van der Waals surface area (Å²) < 4.78 is 32.0. The van der Waals surface area contributed by atoms with Crippen molar-refractivity contribution in [2.75, 3.05) is 11.3 Å². The molecule has 1 aromatic heterocycles. The van der Waals surface area contributed by atoms with Gasteiger partial charge in [-0.1, -0.05) is 18.7 Å². The zero-order chi connectivity index (χ0) is 16.2. The number of sulfonamides is 1. The number of ether oxygens (including phenoxy) is 1. The molecule has 0 atom stereocenters. The maximum Gasteiger partial charge on any atom is 0.352 e. The van der Waals surface area contributed by atoms with Gasteiger partial charge in [0.1, 0.15) is 22.9 Å². The van der Waals surface area contributed by atoms with Crippen LogP contribution in [0.25, 0.3) is 0 Å². The van der Waals surface area contributed by atoms with E-state index in [0.29, 0.717) is 18.0 Å². The van der Waals surface area contributed by atoms with Crippen LogP contribution in [0.1, 0.15) is 10.5 Å². The summed E-state index contributed by atoms with van der Waals surface area (Å²) in [5.74, 6) is -0.748. The summed E-state index contributed by atoms with van der Waals surface area (Å²) in [7, 11) is -3.88. The van der Waals surface area contributed by atoms with Crippen LogP contribution >= 0.6 is 0 Å². The maximum atomic E-state index is 12.2. The summed E-state index contributed by atoms with van der Waals surface area (Å²) >= 11 is 0. The first-order chi connectivity index (χ1) is 10.4. The Bertz CT molecular complexity index is 795. The molecule has 0 saturated carbocycles. The highest BCUT2D eigenvalue weighted by Crippen LogP contribution is 2.21. The number of aromatic carboxylic acids is 1. The van der Waals surface area contributed by atoms with Crippen molar-refractivity contribution in [2.24, 2.45) is 0 Å². The predicted octanol–water partition coefficient (Wildman–Crippen LogP) is 2.08. The molecule has 0 unspecified atom stereocenters. The zero-order valence-electron chi connectivity index (χ0n) is 11.4. The summed E-state index contributed by atoms with van der Waals surface area (Å²) in [4.78, 5) is 13.0. The van der Waals surface area contributed by atoms with Gasteiger partial charge in [0, 0.05) is 12.3 Å². The van der Waals surface area contributed by atoms with E-state index in [-0.39, 0.29) is 10.6 Å². The third-order valence-corrected chi connectivity index (χ3v) is 4.01. The van der Waals surface area contributed by atoms with Crippen molar-refractivity contribution in [3.63, 3.8) is 0 Å². The second kappa shape index (κ2) is 6.35. The summed E-state index contributed by atoms with van der Waals surface area (Å²) in [6.45, 7) is 3.83. The molecule has 0 aliphatic carbocycles. The van der Waals surface area contributed by atoms with Crippen molar-refractivity contribution in [3.8, 4) is 5.75 Å². The van der Waals surface area contributed by atoms with Gasteiger partial charge >= 0.3 is 5.97 Å². The number of hydrogen-bond donors (Lipinski definition) is 3. The lowest BCUT2D eigenvalue weighted by Gasteiger charge is -2.08. The molecule has 1 aromatic carbocycles. The minimum absolute atomic E-state index is 0.165. The van der Waals surface area contributed by atoms with E-state index in [1.807, 2.05) is 0 Å². The lowest BCUT2D eigenvalue weighted by atomic mass is 10.3. The molecule has 0 aliphatic heterocycles. The van der Waals surface area contributed by atoms with Gasteiger partial charge in [0.05, 0.1) is 5.69 Å². The third kappa shape index (κ3) is 3.67. The van der Waals surface area contributed by atoms with Crippen LogP contribution in [0.4, 0.5) is 5.69 Å². The highest BCUT2D eigenvalue weighted by atomic mass is 32.2. The Balaban J connectivity index is 2.20. The minimum atomic E-state index is -3.88. The molecule has 8 heteroatoms. The Morgan fingerprint density at radius 1 is 1.41 bits per heavy atom. The van der Waals surface area contributed by atoms with Crippen LogP contribution in [-0.4, -0.2) is 31.1 Å². The van der Waals surface area contributed by atoms with E-state index >= 15 is 0 Å². The summed E-state index contributed by atoms with van der Waals surface area (Å²) in [5.41, 5.74) is 0.100. The van der Waals surface area contributed by atoms with Crippen molar-refractivity contribution < 1.29 is 23.1 Å². The molecule has 3 N–H and O–H groups in total. The molecule has 0 bridgehead atoms. The Morgan fingerprint density at radius 3 is 2.82 bits per heavy atom. The molecule has 0 amide bonds. The largest absolute Gasteiger partial charge is 0.489 e. The molecule has 0 spiro atoms. The van der Waals surface area contributed by atoms with Crippen molar-refractivity contribution in [3.05, 3.63) is 54.9 Å². The lowest BCUT2D eigenvalue weighted by molar-refractivity contribution is 0.0691. The lowest BCUT2D eigenvalue weighted by Crippen LogP contribution is -2.12. The number of rotatable bonds is 7. The number of H-pyrrole nitrogens is 1. The molecule has 0 saturated heterocycles. The van der Waals surface area contributed by atoms with Gasteiger partial charge in [-0.2, -0.15) is 0 Å². The van der Waals surface area contributed by atoms with Crippen molar-refractivity contribution in [1.82, 2.24) is 4.98 Å². The van der Waals surface area contributed by atoms with Crippen LogP contribution < -0.4 is 9.46 Å². The monoisotopic (exact) mass is 322 g/mol. The molecular weight excluding hydrogens is 308 g/mol. The Labute approximate surface area is 127 Å². The molecular formula is C14H14N2O5S. The quantitative estimate of drug-likeness (QED) is 0.676. The second-order valence-corrected chi connectivity index (χ2v) is 5.97. The molecule has 1 heterocycles. The summed E-state index contributed by atoms with van der Waals surface area (Å²) in [6.07, 6.45) is 2.69. The molecule has 22 heavy (non-hydrogen) atoms. The molecule has 2 aromatic rings. The van der Waals surface area contributed by atoms with E-state index in [2.05, 4.69) is 16.3 Å². The fraction of sp³-hybridized carbons (Fsp3) is 0.0714. The van der Waals surface area contributed by atoms with Crippen LogP contribution in [-0.2, 0) is 10.0 Å². The normalized spacial score (nSPS) is 10.9. The first kappa shape index (κ1) is 15.6. The van der Waals surface area contributed by atoms with Gasteiger partial charge < -0.3 is 14.8 Å². The fourth-order valence-electron chi connectivity index (χ4n) is 1.67. The van der Waals surface area contributed by atoms with Crippen molar-refractivity contribution >= 4 is 21.7 Å². The van der Waals surface area contributed by atoms with E-state index in [0.717, 1.165) is 12.3 Å². The Hall–Kier alpha value is -2.74. The van der Waals surface area contributed by atoms with E-state index in [9.17, 15) is 13.2 Å². The standard InChI is InChI=1S/C14H14N2O5S/c1-2-6-21-11-5-3-4-10(7-11)16-22(19,20)12-8-13(14(17)18)15-9-12/h2-5,7-9,15-16H,1,6H2,(H,17,18). The average Bonchev–Trinajstić information content (AvgIpc) is 2.96. The van der Waals surface area contributed by atoms with Crippen molar-refractivity contribution in [2.45, 2.75) is 4.90 Å².